The number of nitrogens with two attached hydrogens (primary N) is 1. The molecule has 0 radical (unpaired) electrons. The summed E-state index contributed by atoms with van der Waals surface area (Å²) in [6.45, 7) is 0. The molecule has 3 nitrogen and oxygen atoms in total. The Morgan fingerprint density at radius 3 is 2.43 bits per heavy atom. The molecule has 2 aromatic carbocycles. The molecule has 0 aliphatic rings. The third-order valence-electron chi connectivity index (χ3n) is 3.34. The molecule has 0 bridgehead atoms. The number of rotatable bonds is 3. The number of ether oxygens (including phenoxy) is 1. The Labute approximate surface area is 124 Å². The zero-order valence-electron chi connectivity index (χ0n) is 11.8. The van der Waals surface area contributed by atoms with Crippen LogP contribution in [0.25, 0.3) is 22.4 Å². The lowest BCUT2D eigenvalue weighted by molar-refractivity contribution is 0.415. The summed E-state index contributed by atoms with van der Waals surface area (Å²) in [5.74, 6) is 0.810. The second kappa shape index (κ2) is 5.67. The van der Waals surface area contributed by atoms with Crippen molar-refractivity contribution < 1.29 is 4.74 Å². The van der Waals surface area contributed by atoms with Crippen molar-refractivity contribution in [3.63, 3.8) is 0 Å². The topological polar surface area (TPSA) is 48.1 Å². The Morgan fingerprint density at radius 1 is 0.905 bits per heavy atom. The molecular formula is C18H16N2O. The maximum Gasteiger partial charge on any atom is 0.119 e. The molecular weight excluding hydrogens is 260 g/mol. The van der Waals surface area contributed by atoms with Crippen molar-refractivity contribution in [2.24, 2.45) is 0 Å². The van der Waals surface area contributed by atoms with E-state index in [1.165, 1.54) is 0 Å². The molecule has 3 rings (SSSR count). The highest BCUT2D eigenvalue weighted by molar-refractivity contribution is 5.82. The van der Waals surface area contributed by atoms with Crippen LogP contribution in [0.3, 0.4) is 0 Å². The quantitative estimate of drug-likeness (QED) is 0.786. The Balaban J connectivity index is 2.18. The maximum atomic E-state index is 5.91. The molecule has 3 aromatic rings. The molecule has 0 unspecified atom stereocenters. The highest BCUT2D eigenvalue weighted by Gasteiger charge is 2.10. The van der Waals surface area contributed by atoms with E-state index in [4.69, 9.17) is 10.5 Å². The first-order chi connectivity index (χ1) is 10.3. The zero-order chi connectivity index (χ0) is 14.7. The van der Waals surface area contributed by atoms with Crippen LogP contribution in [0.4, 0.5) is 5.69 Å². The monoisotopic (exact) mass is 276 g/mol. The largest absolute Gasteiger partial charge is 0.497 e. The standard InChI is InChI=1S/C18H16N2O/c1-21-16-9-5-8-14(10-16)18-17(11-15(19)12-20-18)13-6-3-2-4-7-13/h2-12H,19H2,1H3. The normalized spacial score (nSPS) is 10.3. The van der Waals surface area contributed by atoms with Crippen LogP contribution in [0.2, 0.25) is 0 Å². The number of hydrogen-bond acceptors (Lipinski definition) is 3. The van der Waals surface area contributed by atoms with E-state index < -0.39 is 0 Å². The fraction of sp³-hybridized carbons (Fsp3) is 0.0556. The first-order valence-corrected chi connectivity index (χ1v) is 6.73. The smallest absolute Gasteiger partial charge is 0.119 e. The van der Waals surface area contributed by atoms with Crippen molar-refractivity contribution in [1.29, 1.82) is 0 Å². The van der Waals surface area contributed by atoms with Crippen molar-refractivity contribution in [2.45, 2.75) is 0 Å². The average molecular weight is 276 g/mol. The Bertz CT molecular complexity index is 754. The fourth-order valence-electron chi connectivity index (χ4n) is 2.32. The van der Waals surface area contributed by atoms with Crippen molar-refractivity contribution in [1.82, 2.24) is 4.98 Å². The minimum atomic E-state index is 0.653. The van der Waals surface area contributed by atoms with Gasteiger partial charge in [0.05, 0.1) is 24.7 Å². The lowest BCUT2D eigenvalue weighted by Gasteiger charge is -2.11. The zero-order valence-corrected chi connectivity index (χ0v) is 11.8. The van der Waals surface area contributed by atoms with Gasteiger partial charge in [-0.2, -0.15) is 0 Å². The summed E-state index contributed by atoms with van der Waals surface area (Å²) in [6.07, 6.45) is 1.68. The highest BCUT2D eigenvalue weighted by atomic mass is 16.5. The summed E-state index contributed by atoms with van der Waals surface area (Å²) in [4.78, 5) is 4.52. The van der Waals surface area contributed by atoms with Crippen LogP contribution < -0.4 is 10.5 Å². The van der Waals surface area contributed by atoms with Crippen LogP contribution in [-0.4, -0.2) is 12.1 Å². The summed E-state index contributed by atoms with van der Waals surface area (Å²) in [5.41, 5.74) is 10.6. The van der Waals surface area contributed by atoms with E-state index in [-0.39, 0.29) is 0 Å². The average Bonchev–Trinajstić information content (AvgIpc) is 2.55. The second-order valence-corrected chi connectivity index (χ2v) is 4.76. The predicted molar refractivity (Wildman–Crippen MR) is 86.1 cm³/mol. The lowest BCUT2D eigenvalue weighted by atomic mass is 9.99. The van der Waals surface area contributed by atoms with Crippen LogP contribution in [0.15, 0.2) is 66.9 Å². The molecule has 1 aromatic heterocycles. The van der Waals surface area contributed by atoms with Crippen molar-refractivity contribution >= 4 is 5.69 Å². The fourth-order valence-corrected chi connectivity index (χ4v) is 2.32. The Hall–Kier alpha value is -2.81. The molecule has 2 N–H and O–H groups in total. The van der Waals surface area contributed by atoms with Gasteiger partial charge in [-0.15, -0.1) is 0 Å². The SMILES string of the molecule is COc1cccc(-c2ncc(N)cc2-c2ccccc2)c1. The third kappa shape index (κ3) is 2.72. The molecule has 0 aliphatic carbocycles. The van der Waals surface area contributed by atoms with E-state index in [2.05, 4.69) is 17.1 Å². The minimum absolute atomic E-state index is 0.653. The lowest BCUT2D eigenvalue weighted by Crippen LogP contribution is -1.94. The van der Waals surface area contributed by atoms with Gasteiger partial charge in [0, 0.05) is 11.1 Å². The number of nitrogen functional groups attached to an aromatic ring is 1. The van der Waals surface area contributed by atoms with Crippen LogP contribution in [0.1, 0.15) is 0 Å². The summed E-state index contributed by atoms with van der Waals surface area (Å²) < 4.78 is 5.29. The van der Waals surface area contributed by atoms with E-state index in [0.717, 1.165) is 28.1 Å². The van der Waals surface area contributed by atoms with Crippen molar-refractivity contribution in [3.8, 4) is 28.1 Å². The number of hydrogen-bond donors (Lipinski definition) is 1. The van der Waals surface area contributed by atoms with Crippen molar-refractivity contribution in [3.05, 3.63) is 66.9 Å². The van der Waals surface area contributed by atoms with E-state index in [1.54, 1.807) is 13.3 Å². The van der Waals surface area contributed by atoms with Crippen molar-refractivity contribution in [2.75, 3.05) is 12.8 Å². The highest BCUT2D eigenvalue weighted by Crippen LogP contribution is 2.32. The number of methoxy groups -OCH3 is 1. The number of benzene rings is 2. The Kier molecular flexibility index (Phi) is 3.56. The van der Waals surface area contributed by atoms with E-state index in [0.29, 0.717) is 5.69 Å². The first kappa shape index (κ1) is 13.2. The van der Waals surface area contributed by atoms with Crippen LogP contribution >= 0.6 is 0 Å². The summed E-state index contributed by atoms with van der Waals surface area (Å²) in [6, 6.07) is 20.0. The third-order valence-corrected chi connectivity index (χ3v) is 3.34. The summed E-state index contributed by atoms with van der Waals surface area (Å²) in [7, 11) is 1.66. The molecule has 0 amide bonds. The van der Waals surface area contributed by atoms with Gasteiger partial charge in [-0.25, -0.2) is 0 Å². The van der Waals surface area contributed by atoms with Gasteiger partial charge < -0.3 is 10.5 Å². The van der Waals surface area contributed by atoms with Gasteiger partial charge in [0.1, 0.15) is 5.75 Å². The van der Waals surface area contributed by atoms with E-state index >= 15 is 0 Å². The molecule has 21 heavy (non-hydrogen) atoms. The first-order valence-electron chi connectivity index (χ1n) is 6.73. The minimum Gasteiger partial charge on any atom is -0.497 e. The van der Waals surface area contributed by atoms with Crippen LogP contribution in [0.5, 0.6) is 5.75 Å². The van der Waals surface area contributed by atoms with Gasteiger partial charge in [0.15, 0.2) is 0 Å². The van der Waals surface area contributed by atoms with E-state index in [9.17, 15) is 0 Å². The number of nitrogens with zero attached hydrogens (tertiary/aromatic N) is 1. The van der Waals surface area contributed by atoms with Gasteiger partial charge in [0.2, 0.25) is 0 Å². The van der Waals surface area contributed by atoms with Gasteiger partial charge in [0.25, 0.3) is 0 Å². The van der Waals surface area contributed by atoms with Crippen LogP contribution in [0, 0.1) is 0 Å². The van der Waals surface area contributed by atoms with E-state index in [1.807, 2.05) is 48.5 Å². The number of anilines is 1. The van der Waals surface area contributed by atoms with Gasteiger partial charge in [-0.05, 0) is 23.8 Å². The molecule has 3 heteroatoms. The number of aromatic nitrogens is 1. The number of pyridine rings is 1. The summed E-state index contributed by atoms with van der Waals surface area (Å²) >= 11 is 0. The Morgan fingerprint density at radius 2 is 1.67 bits per heavy atom. The molecule has 104 valence electrons. The van der Waals surface area contributed by atoms with Gasteiger partial charge >= 0.3 is 0 Å². The summed E-state index contributed by atoms with van der Waals surface area (Å²) in [5, 5.41) is 0. The molecule has 0 fully saturated rings. The molecule has 0 saturated heterocycles. The molecule has 1 heterocycles. The maximum absolute atomic E-state index is 5.91. The van der Waals surface area contributed by atoms with Crippen LogP contribution in [-0.2, 0) is 0 Å². The molecule has 0 spiro atoms. The van der Waals surface area contributed by atoms with Gasteiger partial charge in [-0.3, -0.25) is 4.98 Å². The molecule has 0 atom stereocenters. The molecule has 0 saturated carbocycles. The predicted octanol–water partition coefficient (Wildman–Crippen LogP) is 4.01. The molecule has 0 aliphatic heterocycles. The second-order valence-electron chi connectivity index (χ2n) is 4.76. The van der Waals surface area contributed by atoms with Gasteiger partial charge in [-0.1, -0.05) is 42.5 Å².